The number of carboxylic acid groups (broad SMARTS) is 1. The minimum Gasteiger partial charge on any atom is -0.497 e. The summed E-state index contributed by atoms with van der Waals surface area (Å²) >= 11 is 0. The third-order valence-electron chi connectivity index (χ3n) is 3.89. The predicted molar refractivity (Wildman–Crippen MR) is 78.7 cm³/mol. The van der Waals surface area contributed by atoms with Gasteiger partial charge in [0.05, 0.1) is 7.11 Å². The summed E-state index contributed by atoms with van der Waals surface area (Å²) in [6.45, 7) is 3.39. The molecule has 1 aromatic carbocycles. The third-order valence-corrected chi connectivity index (χ3v) is 3.89. The van der Waals surface area contributed by atoms with E-state index in [0.29, 0.717) is 11.4 Å². The predicted octanol–water partition coefficient (Wildman–Crippen LogP) is 2.38. The van der Waals surface area contributed by atoms with Crippen molar-refractivity contribution < 1.29 is 19.4 Å². The molecule has 0 saturated heterocycles. The van der Waals surface area contributed by atoms with Crippen LogP contribution in [-0.4, -0.2) is 29.8 Å². The molecule has 1 saturated carbocycles. The lowest BCUT2D eigenvalue weighted by Gasteiger charge is -2.26. The topological polar surface area (TPSA) is 87.7 Å². The lowest BCUT2D eigenvalue weighted by atomic mass is 9.96. The Bertz CT molecular complexity index is 569. The van der Waals surface area contributed by atoms with Crippen LogP contribution in [0.4, 0.5) is 10.5 Å². The van der Waals surface area contributed by atoms with Crippen molar-refractivity contribution in [2.45, 2.75) is 32.2 Å². The van der Waals surface area contributed by atoms with E-state index in [2.05, 4.69) is 10.6 Å². The molecule has 0 spiro atoms. The van der Waals surface area contributed by atoms with E-state index in [0.717, 1.165) is 18.4 Å². The number of carbonyl (C=O) groups is 2. The molecule has 3 N–H and O–H groups in total. The standard InChI is InChI=1S/C15H20N2O4/c1-9-8-11(21-3)6-7-12(9)16-14(20)17-15(2,13(18)19)10-4-5-10/h6-8,10H,4-5H2,1-3H3,(H,18,19)(H2,16,17,20). The number of hydrogen-bond acceptors (Lipinski definition) is 3. The minimum absolute atomic E-state index is 0.00212. The maximum Gasteiger partial charge on any atom is 0.329 e. The second-order valence-electron chi connectivity index (χ2n) is 5.54. The molecule has 0 radical (unpaired) electrons. The molecule has 1 aromatic rings. The molecular formula is C15H20N2O4. The number of urea groups is 1. The summed E-state index contributed by atoms with van der Waals surface area (Å²) in [5.41, 5.74) is 0.245. The minimum atomic E-state index is -1.22. The molecular weight excluding hydrogens is 272 g/mol. The van der Waals surface area contributed by atoms with E-state index < -0.39 is 17.5 Å². The normalized spacial score (nSPS) is 16.7. The number of aryl methyl sites for hydroxylation is 1. The molecule has 0 aromatic heterocycles. The number of carboxylic acids is 1. The van der Waals surface area contributed by atoms with Gasteiger partial charge in [-0.3, -0.25) is 0 Å². The van der Waals surface area contributed by atoms with E-state index in [1.165, 1.54) is 0 Å². The number of amides is 2. The highest BCUT2D eigenvalue weighted by Crippen LogP contribution is 2.39. The molecule has 21 heavy (non-hydrogen) atoms. The zero-order chi connectivity index (χ0) is 15.6. The van der Waals surface area contributed by atoms with Crippen molar-refractivity contribution in [3.8, 4) is 5.75 Å². The van der Waals surface area contributed by atoms with E-state index in [4.69, 9.17) is 4.74 Å². The van der Waals surface area contributed by atoms with Crippen LogP contribution in [0, 0.1) is 12.8 Å². The summed E-state index contributed by atoms with van der Waals surface area (Å²) < 4.78 is 5.10. The number of benzene rings is 1. The number of ether oxygens (including phenoxy) is 1. The number of nitrogens with one attached hydrogen (secondary N) is 2. The smallest absolute Gasteiger partial charge is 0.329 e. The van der Waals surface area contributed by atoms with Crippen molar-refractivity contribution in [3.05, 3.63) is 23.8 Å². The molecule has 0 aliphatic heterocycles. The molecule has 0 heterocycles. The summed E-state index contributed by atoms with van der Waals surface area (Å²) in [6.07, 6.45) is 1.65. The summed E-state index contributed by atoms with van der Waals surface area (Å²) in [5, 5.41) is 14.6. The highest BCUT2D eigenvalue weighted by Gasteiger charge is 2.48. The molecule has 1 aliphatic carbocycles. The highest BCUT2D eigenvalue weighted by molar-refractivity contribution is 5.94. The summed E-state index contributed by atoms with van der Waals surface area (Å²) in [4.78, 5) is 23.4. The number of methoxy groups -OCH3 is 1. The van der Waals surface area contributed by atoms with Gasteiger partial charge in [-0.1, -0.05) is 0 Å². The van der Waals surface area contributed by atoms with Crippen LogP contribution in [0.3, 0.4) is 0 Å². The van der Waals surface area contributed by atoms with Crippen molar-refractivity contribution in [3.63, 3.8) is 0 Å². The van der Waals surface area contributed by atoms with Crippen LogP contribution < -0.4 is 15.4 Å². The van der Waals surface area contributed by atoms with Gasteiger partial charge in [0, 0.05) is 5.69 Å². The Morgan fingerprint density at radius 1 is 1.38 bits per heavy atom. The van der Waals surface area contributed by atoms with Crippen LogP contribution >= 0.6 is 0 Å². The first-order valence-corrected chi connectivity index (χ1v) is 6.84. The van der Waals surface area contributed by atoms with Crippen LogP contribution in [0.1, 0.15) is 25.3 Å². The lowest BCUT2D eigenvalue weighted by molar-refractivity contribution is -0.144. The van der Waals surface area contributed by atoms with E-state index in [9.17, 15) is 14.7 Å². The van der Waals surface area contributed by atoms with Crippen molar-refractivity contribution in [1.82, 2.24) is 5.32 Å². The van der Waals surface area contributed by atoms with Crippen LogP contribution in [-0.2, 0) is 4.79 Å². The van der Waals surface area contributed by atoms with Gasteiger partial charge < -0.3 is 20.5 Å². The van der Waals surface area contributed by atoms with E-state index >= 15 is 0 Å². The molecule has 6 heteroatoms. The Balaban J connectivity index is 2.06. The van der Waals surface area contributed by atoms with E-state index in [1.54, 1.807) is 32.2 Å². The molecule has 2 rings (SSSR count). The molecule has 1 fully saturated rings. The van der Waals surface area contributed by atoms with Crippen LogP contribution in [0.25, 0.3) is 0 Å². The van der Waals surface area contributed by atoms with E-state index in [1.807, 2.05) is 6.92 Å². The first-order chi connectivity index (χ1) is 9.86. The van der Waals surface area contributed by atoms with Gasteiger partial charge >= 0.3 is 12.0 Å². The second kappa shape index (κ2) is 5.63. The molecule has 1 unspecified atom stereocenters. The zero-order valence-corrected chi connectivity index (χ0v) is 12.4. The van der Waals surface area contributed by atoms with Gasteiger partial charge in [0.1, 0.15) is 11.3 Å². The SMILES string of the molecule is COc1ccc(NC(=O)NC(C)(C(=O)O)C2CC2)c(C)c1. The van der Waals surface area contributed by atoms with Crippen LogP contribution in [0.2, 0.25) is 0 Å². The van der Waals surface area contributed by atoms with Gasteiger partial charge in [0.2, 0.25) is 0 Å². The zero-order valence-electron chi connectivity index (χ0n) is 12.4. The van der Waals surface area contributed by atoms with Crippen molar-refractivity contribution in [1.29, 1.82) is 0 Å². The molecule has 2 amide bonds. The molecule has 0 bridgehead atoms. The summed E-state index contributed by atoms with van der Waals surface area (Å²) in [5.74, 6) is -0.309. The number of anilines is 1. The molecule has 114 valence electrons. The Morgan fingerprint density at radius 3 is 2.52 bits per heavy atom. The van der Waals surface area contributed by atoms with Crippen molar-refractivity contribution in [2.24, 2.45) is 5.92 Å². The van der Waals surface area contributed by atoms with Gasteiger partial charge in [-0.2, -0.15) is 0 Å². The molecule has 6 nitrogen and oxygen atoms in total. The number of rotatable bonds is 5. The van der Waals surface area contributed by atoms with E-state index in [-0.39, 0.29) is 5.92 Å². The molecule has 1 aliphatic rings. The summed E-state index contributed by atoms with van der Waals surface area (Å²) in [7, 11) is 1.57. The maximum absolute atomic E-state index is 12.1. The number of aliphatic carboxylic acids is 1. The largest absolute Gasteiger partial charge is 0.497 e. The van der Waals surface area contributed by atoms with Crippen LogP contribution in [0.5, 0.6) is 5.75 Å². The van der Waals surface area contributed by atoms with Gasteiger partial charge in [-0.05, 0) is 56.4 Å². The highest BCUT2D eigenvalue weighted by atomic mass is 16.5. The first kappa shape index (κ1) is 15.2. The van der Waals surface area contributed by atoms with Crippen LogP contribution in [0.15, 0.2) is 18.2 Å². The maximum atomic E-state index is 12.1. The monoisotopic (exact) mass is 292 g/mol. The Hall–Kier alpha value is -2.24. The van der Waals surface area contributed by atoms with Crippen molar-refractivity contribution >= 4 is 17.7 Å². The van der Waals surface area contributed by atoms with Gasteiger partial charge in [-0.25, -0.2) is 9.59 Å². The third kappa shape index (κ3) is 3.26. The Kier molecular flexibility index (Phi) is 4.06. The summed E-state index contributed by atoms with van der Waals surface area (Å²) in [6, 6.07) is 4.75. The number of hydrogen-bond donors (Lipinski definition) is 3. The quantitative estimate of drug-likeness (QED) is 0.777. The average molecular weight is 292 g/mol. The van der Waals surface area contributed by atoms with Gasteiger partial charge in [0.25, 0.3) is 0 Å². The van der Waals surface area contributed by atoms with Crippen molar-refractivity contribution in [2.75, 3.05) is 12.4 Å². The fourth-order valence-electron chi connectivity index (χ4n) is 2.28. The lowest BCUT2D eigenvalue weighted by Crippen LogP contribution is -2.55. The Morgan fingerprint density at radius 2 is 2.05 bits per heavy atom. The fraction of sp³-hybridized carbons (Fsp3) is 0.467. The van der Waals surface area contributed by atoms with Gasteiger partial charge in [0.15, 0.2) is 0 Å². The van der Waals surface area contributed by atoms with Gasteiger partial charge in [-0.15, -0.1) is 0 Å². The fourth-order valence-corrected chi connectivity index (χ4v) is 2.28. The molecule has 1 atom stereocenters. The Labute approximate surface area is 123 Å². The second-order valence-corrected chi connectivity index (χ2v) is 5.54. The average Bonchev–Trinajstić information content (AvgIpc) is 3.25. The first-order valence-electron chi connectivity index (χ1n) is 6.84. The number of carbonyl (C=O) groups excluding carboxylic acids is 1.